The highest BCUT2D eigenvalue weighted by atomic mass is 16.5. The number of hydrogen-bond donors (Lipinski definition) is 3. The molecule has 7 heteroatoms. The lowest BCUT2D eigenvalue weighted by Gasteiger charge is -2.09. The van der Waals surface area contributed by atoms with Gasteiger partial charge in [0.25, 0.3) is 11.8 Å². The summed E-state index contributed by atoms with van der Waals surface area (Å²) in [6, 6.07) is 26.1. The van der Waals surface area contributed by atoms with Crippen molar-refractivity contribution in [3.8, 4) is 16.9 Å². The Labute approximate surface area is 210 Å². The number of methoxy groups -OCH3 is 1. The van der Waals surface area contributed by atoms with Crippen LogP contribution in [0.3, 0.4) is 0 Å². The van der Waals surface area contributed by atoms with Gasteiger partial charge in [-0.3, -0.25) is 14.6 Å². The minimum absolute atomic E-state index is 0.172. The van der Waals surface area contributed by atoms with Crippen molar-refractivity contribution >= 4 is 11.8 Å². The Morgan fingerprint density at radius 1 is 0.722 bits per heavy atom. The molecule has 0 unspecified atom stereocenters. The fourth-order valence-corrected chi connectivity index (χ4v) is 3.53. The molecule has 4 aromatic rings. The van der Waals surface area contributed by atoms with Gasteiger partial charge in [0.2, 0.25) is 0 Å². The number of nitrogens with zero attached hydrogens (tertiary/aromatic N) is 1. The first-order valence-electron chi connectivity index (χ1n) is 11.4. The molecule has 0 bridgehead atoms. The quantitative estimate of drug-likeness (QED) is 0.348. The van der Waals surface area contributed by atoms with Crippen LogP contribution < -0.4 is 15.4 Å². The third-order valence-corrected chi connectivity index (χ3v) is 5.39. The summed E-state index contributed by atoms with van der Waals surface area (Å²) in [5.41, 5.74) is 4.97. The van der Waals surface area contributed by atoms with Crippen molar-refractivity contribution in [2.75, 3.05) is 14.2 Å². The zero-order valence-corrected chi connectivity index (χ0v) is 20.3. The van der Waals surface area contributed by atoms with Gasteiger partial charge in [-0.1, -0.05) is 36.4 Å². The number of aliphatic hydroxyl groups is 1. The highest BCUT2D eigenvalue weighted by molar-refractivity contribution is 5.95. The Balaban J connectivity index is 0.00000176. The smallest absolute Gasteiger partial charge is 0.251 e. The van der Waals surface area contributed by atoms with Crippen LogP contribution in [0.4, 0.5) is 0 Å². The van der Waals surface area contributed by atoms with E-state index >= 15 is 0 Å². The van der Waals surface area contributed by atoms with Gasteiger partial charge in [0.15, 0.2) is 0 Å². The number of hydrogen-bond acceptors (Lipinski definition) is 5. The highest BCUT2D eigenvalue weighted by Gasteiger charge is 2.09. The van der Waals surface area contributed by atoms with E-state index in [4.69, 9.17) is 9.84 Å². The molecule has 7 nitrogen and oxygen atoms in total. The molecule has 3 N–H and O–H groups in total. The Bertz CT molecular complexity index is 1280. The maximum absolute atomic E-state index is 12.6. The van der Waals surface area contributed by atoms with Crippen LogP contribution in [0, 0.1) is 0 Å². The second-order valence-corrected chi connectivity index (χ2v) is 7.73. The van der Waals surface area contributed by atoms with Gasteiger partial charge in [0, 0.05) is 43.7 Å². The zero-order chi connectivity index (χ0) is 25.8. The second kappa shape index (κ2) is 13.4. The summed E-state index contributed by atoms with van der Waals surface area (Å²) in [7, 11) is 2.61. The fraction of sp³-hybridized carbons (Fsp3) is 0.138. The van der Waals surface area contributed by atoms with Gasteiger partial charge in [-0.2, -0.15) is 0 Å². The summed E-state index contributed by atoms with van der Waals surface area (Å²) in [6.45, 7) is 0.717. The zero-order valence-electron chi connectivity index (χ0n) is 20.3. The van der Waals surface area contributed by atoms with E-state index in [1.54, 1.807) is 43.8 Å². The standard InChI is InChI=1S/C28H25N3O3.CH4O/c1-34-26-7-3-5-21(17-26)19-31-28(33)25-6-2-4-20(16-25)18-30-27(32)24-10-8-22(9-11-24)23-12-14-29-15-13-23;1-2/h2-17H,18-19H2,1H3,(H,30,32)(H,31,33);2H,1H3. The monoisotopic (exact) mass is 483 g/mol. The van der Waals surface area contributed by atoms with E-state index in [-0.39, 0.29) is 11.8 Å². The molecule has 0 aliphatic rings. The molecule has 0 spiro atoms. The van der Waals surface area contributed by atoms with Crippen molar-refractivity contribution in [1.29, 1.82) is 0 Å². The van der Waals surface area contributed by atoms with Crippen LogP contribution in [0.5, 0.6) is 5.75 Å². The maximum Gasteiger partial charge on any atom is 0.251 e. The second-order valence-electron chi connectivity index (χ2n) is 7.73. The van der Waals surface area contributed by atoms with Gasteiger partial charge in [-0.05, 0) is 70.8 Å². The predicted octanol–water partition coefficient (Wildman–Crippen LogP) is 4.23. The van der Waals surface area contributed by atoms with Crippen molar-refractivity contribution in [3.05, 3.63) is 120 Å². The maximum atomic E-state index is 12.6. The molecule has 184 valence electrons. The minimum atomic E-state index is -0.178. The molecule has 36 heavy (non-hydrogen) atoms. The summed E-state index contributed by atoms with van der Waals surface area (Å²) in [6.07, 6.45) is 3.48. The summed E-state index contributed by atoms with van der Waals surface area (Å²) in [4.78, 5) is 29.2. The first kappa shape index (κ1) is 26.1. The van der Waals surface area contributed by atoms with E-state index in [1.165, 1.54) is 0 Å². The largest absolute Gasteiger partial charge is 0.497 e. The van der Waals surface area contributed by atoms with Crippen molar-refractivity contribution in [2.45, 2.75) is 13.1 Å². The van der Waals surface area contributed by atoms with Crippen LogP contribution in [0.15, 0.2) is 97.3 Å². The molecule has 0 atom stereocenters. The number of aliphatic hydroxyl groups excluding tert-OH is 1. The summed E-state index contributed by atoms with van der Waals surface area (Å²) in [5.74, 6) is 0.397. The van der Waals surface area contributed by atoms with E-state index in [0.717, 1.165) is 35.1 Å². The van der Waals surface area contributed by atoms with Gasteiger partial charge in [0.05, 0.1) is 7.11 Å². The molecule has 0 saturated heterocycles. The number of ether oxygens (including phenoxy) is 1. The molecular weight excluding hydrogens is 454 g/mol. The van der Waals surface area contributed by atoms with Gasteiger partial charge < -0.3 is 20.5 Å². The topological polar surface area (TPSA) is 101 Å². The number of rotatable bonds is 8. The summed E-state index contributed by atoms with van der Waals surface area (Å²) in [5, 5.41) is 12.8. The Morgan fingerprint density at radius 2 is 1.28 bits per heavy atom. The number of aromatic nitrogens is 1. The number of benzene rings is 3. The number of carbonyl (C=O) groups excluding carboxylic acids is 2. The van der Waals surface area contributed by atoms with Crippen LogP contribution >= 0.6 is 0 Å². The van der Waals surface area contributed by atoms with Crippen molar-refractivity contribution in [3.63, 3.8) is 0 Å². The van der Waals surface area contributed by atoms with Crippen molar-refractivity contribution < 1.29 is 19.4 Å². The Morgan fingerprint density at radius 3 is 1.92 bits per heavy atom. The number of pyridine rings is 1. The van der Waals surface area contributed by atoms with Gasteiger partial charge in [-0.25, -0.2) is 0 Å². The number of carbonyl (C=O) groups is 2. The summed E-state index contributed by atoms with van der Waals surface area (Å²) >= 11 is 0. The molecule has 0 aliphatic heterocycles. The van der Waals surface area contributed by atoms with Gasteiger partial charge in [-0.15, -0.1) is 0 Å². The van der Waals surface area contributed by atoms with Gasteiger partial charge >= 0.3 is 0 Å². The molecule has 1 heterocycles. The third-order valence-electron chi connectivity index (χ3n) is 5.39. The van der Waals surface area contributed by atoms with Crippen LogP contribution in [0.1, 0.15) is 31.8 Å². The highest BCUT2D eigenvalue weighted by Crippen LogP contribution is 2.19. The molecule has 0 aliphatic carbocycles. The first-order valence-corrected chi connectivity index (χ1v) is 11.4. The lowest BCUT2D eigenvalue weighted by Crippen LogP contribution is -2.24. The van der Waals surface area contributed by atoms with Crippen molar-refractivity contribution in [1.82, 2.24) is 15.6 Å². The van der Waals surface area contributed by atoms with E-state index in [0.29, 0.717) is 24.2 Å². The van der Waals surface area contributed by atoms with Crippen LogP contribution in [0.25, 0.3) is 11.1 Å². The lowest BCUT2D eigenvalue weighted by atomic mass is 10.0. The lowest BCUT2D eigenvalue weighted by molar-refractivity contribution is 0.0945. The van der Waals surface area contributed by atoms with E-state index in [2.05, 4.69) is 15.6 Å². The number of nitrogens with one attached hydrogen (secondary N) is 2. The van der Waals surface area contributed by atoms with Crippen LogP contribution in [0.2, 0.25) is 0 Å². The molecular formula is C29H29N3O4. The molecule has 0 fully saturated rings. The molecule has 0 radical (unpaired) electrons. The summed E-state index contributed by atoms with van der Waals surface area (Å²) < 4.78 is 5.22. The van der Waals surface area contributed by atoms with Crippen molar-refractivity contribution in [2.24, 2.45) is 0 Å². The molecule has 0 saturated carbocycles. The Kier molecular flexibility index (Phi) is 9.73. The first-order chi connectivity index (χ1) is 17.6. The van der Waals surface area contributed by atoms with Gasteiger partial charge in [0.1, 0.15) is 5.75 Å². The Hall–Kier alpha value is -4.49. The molecule has 1 aromatic heterocycles. The van der Waals surface area contributed by atoms with E-state index < -0.39 is 0 Å². The third kappa shape index (κ3) is 7.25. The fourth-order valence-electron chi connectivity index (χ4n) is 3.53. The molecule has 3 aromatic carbocycles. The predicted molar refractivity (Wildman–Crippen MR) is 140 cm³/mol. The van der Waals surface area contributed by atoms with E-state index in [1.807, 2.05) is 60.7 Å². The SMILES string of the molecule is CO.COc1cccc(CNC(=O)c2cccc(CNC(=O)c3ccc(-c4ccncc4)cc3)c2)c1. The van der Waals surface area contributed by atoms with E-state index in [9.17, 15) is 9.59 Å². The average molecular weight is 484 g/mol. The van der Waals surface area contributed by atoms with Crippen LogP contribution in [-0.4, -0.2) is 36.1 Å². The average Bonchev–Trinajstić information content (AvgIpc) is 2.96. The molecule has 4 rings (SSSR count). The van der Waals surface area contributed by atoms with Crippen LogP contribution in [-0.2, 0) is 13.1 Å². The normalized spacial score (nSPS) is 9.97. The minimum Gasteiger partial charge on any atom is -0.497 e. The molecule has 2 amide bonds. The number of amides is 2.